The standard InChI is InChI=1S/C11H10BrNS/c1-8-9(7-12)4-5-10(13-8)11-3-2-6-14-11/h2-6H,7H2,1H3. The zero-order chi connectivity index (χ0) is 9.97. The van der Waals surface area contributed by atoms with Gasteiger partial charge in [0.2, 0.25) is 0 Å². The summed E-state index contributed by atoms with van der Waals surface area (Å²) < 4.78 is 0. The summed E-state index contributed by atoms with van der Waals surface area (Å²) in [5.74, 6) is 0. The van der Waals surface area contributed by atoms with E-state index in [-0.39, 0.29) is 0 Å². The number of hydrogen-bond acceptors (Lipinski definition) is 2. The number of rotatable bonds is 2. The molecule has 0 bridgehead atoms. The van der Waals surface area contributed by atoms with E-state index in [1.54, 1.807) is 11.3 Å². The third-order valence-corrected chi connectivity index (χ3v) is 3.61. The Labute approximate surface area is 95.9 Å². The van der Waals surface area contributed by atoms with Crippen molar-refractivity contribution < 1.29 is 0 Å². The van der Waals surface area contributed by atoms with Crippen LogP contribution in [0.15, 0.2) is 29.6 Å². The molecule has 1 nitrogen and oxygen atoms in total. The minimum atomic E-state index is 0.872. The Balaban J connectivity index is 2.43. The van der Waals surface area contributed by atoms with Gasteiger partial charge in [0.1, 0.15) is 0 Å². The average molecular weight is 268 g/mol. The van der Waals surface area contributed by atoms with Crippen LogP contribution in [-0.4, -0.2) is 4.98 Å². The van der Waals surface area contributed by atoms with Crippen LogP contribution < -0.4 is 0 Å². The first-order chi connectivity index (χ1) is 6.81. The van der Waals surface area contributed by atoms with Gasteiger partial charge in [-0.25, -0.2) is 0 Å². The smallest absolute Gasteiger partial charge is 0.0805 e. The molecule has 72 valence electrons. The molecule has 14 heavy (non-hydrogen) atoms. The first kappa shape index (κ1) is 9.87. The monoisotopic (exact) mass is 267 g/mol. The fourth-order valence-electron chi connectivity index (χ4n) is 1.29. The van der Waals surface area contributed by atoms with Gasteiger partial charge in [0, 0.05) is 11.0 Å². The molecule has 2 aromatic rings. The Bertz CT molecular complexity index is 423. The van der Waals surface area contributed by atoms with Crippen molar-refractivity contribution in [1.29, 1.82) is 0 Å². The van der Waals surface area contributed by atoms with Gasteiger partial charge in [-0.3, -0.25) is 4.98 Å². The third kappa shape index (κ3) is 1.88. The van der Waals surface area contributed by atoms with Crippen LogP contribution in [0.2, 0.25) is 0 Å². The van der Waals surface area contributed by atoms with Crippen LogP contribution in [0.4, 0.5) is 0 Å². The lowest BCUT2D eigenvalue weighted by molar-refractivity contribution is 1.15. The van der Waals surface area contributed by atoms with Gasteiger partial charge in [0.25, 0.3) is 0 Å². The minimum Gasteiger partial charge on any atom is -0.252 e. The van der Waals surface area contributed by atoms with E-state index in [9.17, 15) is 0 Å². The molecular formula is C11H10BrNS. The second-order valence-corrected chi connectivity index (χ2v) is 4.56. The maximum Gasteiger partial charge on any atom is 0.0805 e. The van der Waals surface area contributed by atoms with E-state index in [1.807, 2.05) is 6.92 Å². The molecule has 0 atom stereocenters. The SMILES string of the molecule is Cc1nc(-c2cccs2)ccc1CBr. The van der Waals surface area contributed by atoms with Crippen molar-refractivity contribution in [2.75, 3.05) is 0 Å². The molecule has 0 aliphatic rings. The summed E-state index contributed by atoms with van der Waals surface area (Å²) >= 11 is 5.17. The number of pyridine rings is 1. The largest absolute Gasteiger partial charge is 0.252 e. The lowest BCUT2D eigenvalue weighted by Crippen LogP contribution is -1.90. The number of aryl methyl sites for hydroxylation is 1. The fraction of sp³-hybridized carbons (Fsp3) is 0.182. The summed E-state index contributed by atoms with van der Waals surface area (Å²) in [6, 6.07) is 8.36. The van der Waals surface area contributed by atoms with Crippen molar-refractivity contribution >= 4 is 27.3 Å². The molecule has 0 amide bonds. The predicted molar refractivity (Wildman–Crippen MR) is 64.9 cm³/mol. The van der Waals surface area contributed by atoms with Gasteiger partial charge < -0.3 is 0 Å². The average Bonchev–Trinajstić information content (AvgIpc) is 2.70. The Hall–Kier alpha value is -0.670. The number of thiophene rings is 1. The van der Waals surface area contributed by atoms with Gasteiger partial charge in [-0.1, -0.05) is 28.1 Å². The molecule has 2 rings (SSSR count). The van der Waals surface area contributed by atoms with Gasteiger partial charge in [-0.05, 0) is 30.0 Å². The van der Waals surface area contributed by atoms with Crippen LogP contribution >= 0.6 is 27.3 Å². The van der Waals surface area contributed by atoms with Crippen LogP contribution in [0.1, 0.15) is 11.3 Å². The molecule has 0 saturated carbocycles. The molecule has 0 unspecified atom stereocenters. The van der Waals surface area contributed by atoms with E-state index in [0.717, 1.165) is 16.7 Å². The summed E-state index contributed by atoms with van der Waals surface area (Å²) in [6.07, 6.45) is 0. The Kier molecular flexibility index (Phi) is 2.99. The highest BCUT2D eigenvalue weighted by atomic mass is 79.9. The van der Waals surface area contributed by atoms with Gasteiger partial charge in [-0.15, -0.1) is 11.3 Å². The molecule has 0 aliphatic carbocycles. The van der Waals surface area contributed by atoms with E-state index >= 15 is 0 Å². The Morgan fingerprint density at radius 2 is 2.21 bits per heavy atom. The molecule has 3 heteroatoms. The topological polar surface area (TPSA) is 12.9 Å². The first-order valence-corrected chi connectivity index (χ1v) is 6.38. The van der Waals surface area contributed by atoms with Crippen molar-refractivity contribution in [1.82, 2.24) is 4.98 Å². The molecule has 0 aromatic carbocycles. The normalized spacial score (nSPS) is 10.4. The Morgan fingerprint density at radius 1 is 1.36 bits per heavy atom. The predicted octanol–water partition coefficient (Wildman–Crippen LogP) is 4.01. The number of nitrogens with zero attached hydrogens (tertiary/aromatic N) is 1. The molecule has 0 fully saturated rings. The van der Waals surface area contributed by atoms with E-state index in [0.29, 0.717) is 0 Å². The lowest BCUT2D eigenvalue weighted by Gasteiger charge is -2.03. The molecule has 0 spiro atoms. The zero-order valence-electron chi connectivity index (χ0n) is 7.83. The van der Waals surface area contributed by atoms with Crippen LogP contribution in [-0.2, 0) is 5.33 Å². The maximum absolute atomic E-state index is 4.57. The van der Waals surface area contributed by atoms with Gasteiger partial charge in [-0.2, -0.15) is 0 Å². The second-order valence-electron chi connectivity index (χ2n) is 3.05. The van der Waals surface area contributed by atoms with Crippen molar-refractivity contribution in [3.05, 3.63) is 40.9 Å². The lowest BCUT2D eigenvalue weighted by atomic mass is 10.2. The van der Waals surface area contributed by atoms with E-state index in [2.05, 4.69) is 50.6 Å². The van der Waals surface area contributed by atoms with Gasteiger partial charge in [0.15, 0.2) is 0 Å². The highest BCUT2D eigenvalue weighted by Crippen LogP contribution is 2.24. The van der Waals surface area contributed by atoms with Crippen LogP contribution in [0.5, 0.6) is 0 Å². The summed E-state index contributed by atoms with van der Waals surface area (Å²) in [5.41, 5.74) is 3.43. The van der Waals surface area contributed by atoms with Crippen molar-refractivity contribution in [2.45, 2.75) is 12.3 Å². The van der Waals surface area contributed by atoms with Crippen LogP contribution in [0.25, 0.3) is 10.6 Å². The van der Waals surface area contributed by atoms with E-state index in [4.69, 9.17) is 0 Å². The summed E-state index contributed by atoms with van der Waals surface area (Å²) in [6.45, 7) is 2.05. The van der Waals surface area contributed by atoms with Gasteiger partial charge >= 0.3 is 0 Å². The quantitative estimate of drug-likeness (QED) is 0.750. The highest BCUT2D eigenvalue weighted by Gasteiger charge is 2.03. The summed E-state index contributed by atoms with van der Waals surface area (Å²) in [4.78, 5) is 5.80. The van der Waals surface area contributed by atoms with Crippen LogP contribution in [0.3, 0.4) is 0 Å². The maximum atomic E-state index is 4.57. The molecule has 0 saturated heterocycles. The molecule has 0 N–H and O–H groups in total. The molecule has 2 aromatic heterocycles. The van der Waals surface area contributed by atoms with E-state index < -0.39 is 0 Å². The number of alkyl halides is 1. The second kappa shape index (κ2) is 4.24. The third-order valence-electron chi connectivity index (χ3n) is 2.11. The number of halogens is 1. The van der Waals surface area contributed by atoms with Crippen molar-refractivity contribution in [3.8, 4) is 10.6 Å². The molecular weight excluding hydrogens is 258 g/mol. The first-order valence-electron chi connectivity index (χ1n) is 4.37. The zero-order valence-corrected chi connectivity index (χ0v) is 10.2. The molecule has 2 heterocycles. The van der Waals surface area contributed by atoms with Gasteiger partial charge in [0.05, 0.1) is 10.6 Å². The summed E-state index contributed by atoms with van der Waals surface area (Å²) in [5, 5.41) is 2.95. The fourth-order valence-corrected chi connectivity index (χ4v) is 2.58. The minimum absolute atomic E-state index is 0.872. The van der Waals surface area contributed by atoms with Crippen molar-refractivity contribution in [2.24, 2.45) is 0 Å². The van der Waals surface area contributed by atoms with E-state index in [1.165, 1.54) is 10.4 Å². The number of hydrogen-bond donors (Lipinski definition) is 0. The van der Waals surface area contributed by atoms with Crippen molar-refractivity contribution in [3.63, 3.8) is 0 Å². The molecule has 0 radical (unpaired) electrons. The summed E-state index contributed by atoms with van der Waals surface area (Å²) in [7, 11) is 0. The molecule has 0 aliphatic heterocycles. The van der Waals surface area contributed by atoms with Crippen LogP contribution in [0, 0.1) is 6.92 Å². The number of aromatic nitrogens is 1. The Morgan fingerprint density at radius 3 is 2.79 bits per heavy atom. The highest BCUT2D eigenvalue weighted by molar-refractivity contribution is 9.08.